The zero-order chi connectivity index (χ0) is 27.1. The first-order valence-corrected chi connectivity index (χ1v) is 14.0. The molecular formula is C32H41N3O3. The Balaban J connectivity index is 1.28. The number of hydrogen-bond acceptors (Lipinski definition) is 3. The van der Waals surface area contributed by atoms with Gasteiger partial charge in [0.2, 0.25) is 0 Å². The molecule has 1 saturated carbocycles. The third-order valence-corrected chi connectivity index (χ3v) is 8.31. The highest BCUT2D eigenvalue weighted by Gasteiger charge is 2.51. The van der Waals surface area contributed by atoms with Gasteiger partial charge in [0.25, 0.3) is 11.8 Å². The molecule has 2 unspecified atom stereocenters. The quantitative estimate of drug-likeness (QED) is 0.343. The minimum Gasteiger partial charge on any atom is -0.454 e. The van der Waals surface area contributed by atoms with Gasteiger partial charge in [0.1, 0.15) is 5.76 Å². The summed E-state index contributed by atoms with van der Waals surface area (Å²) in [6.07, 6.45) is 6.17. The Kier molecular flexibility index (Phi) is 7.01. The van der Waals surface area contributed by atoms with Crippen LogP contribution in [0, 0.1) is 17.8 Å². The molecule has 1 aliphatic carbocycles. The average molecular weight is 516 g/mol. The lowest BCUT2D eigenvalue weighted by Gasteiger charge is -2.39. The summed E-state index contributed by atoms with van der Waals surface area (Å²) in [5.41, 5.74) is 3.22. The van der Waals surface area contributed by atoms with Gasteiger partial charge in [-0.15, -0.1) is 0 Å². The highest BCUT2D eigenvalue weighted by Crippen LogP contribution is 2.52. The summed E-state index contributed by atoms with van der Waals surface area (Å²) in [5, 5.41) is 0. The standard InChI is InChI=1S/C32H41N3O3/c1-6-15-34(29(36)27-12-8-7-10-23(27)2)19-24-11-9-16-33(24)20-26-13-14-28(38-26)30(37)35-22-32(5)18-25(35)17-31(3,4)21-32/h7-14,16,25H,6,15,17-22H2,1-5H3. The molecule has 5 rings (SSSR count). The molecule has 0 spiro atoms. The van der Waals surface area contributed by atoms with Crippen molar-refractivity contribution in [3.8, 4) is 0 Å². The molecule has 38 heavy (non-hydrogen) atoms. The zero-order valence-corrected chi connectivity index (χ0v) is 23.5. The summed E-state index contributed by atoms with van der Waals surface area (Å²) in [4.78, 5) is 30.8. The summed E-state index contributed by atoms with van der Waals surface area (Å²) in [6.45, 7) is 13.6. The van der Waals surface area contributed by atoms with E-state index in [4.69, 9.17) is 4.42 Å². The van der Waals surface area contributed by atoms with E-state index in [1.165, 1.54) is 0 Å². The number of likely N-dealkylation sites (tertiary alicyclic amines) is 1. The van der Waals surface area contributed by atoms with Gasteiger partial charge in [0, 0.05) is 36.6 Å². The summed E-state index contributed by atoms with van der Waals surface area (Å²) < 4.78 is 8.22. The van der Waals surface area contributed by atoms with Gasteiger partial charge in [-0.25, -0.2) is 0 Å². The molecule has 6 heteroatoms. The lowest BCUT2D eigenvalue weighted by Crippen LogP contribution is -2.37. The number of nitrogens with zero attached hydrogens (tertiary/aromatic N) is 3. The smallest absolute Gasteiger partial charge is 0.289 e. The molecule has 0 radical (unpaired) electrons. The van der Waals surface area contributed by atoms with Crippen LogP contribution in [-0.2, 0) is 13.1 Å². The molecule has 2 atom stereocenters. The predicted molar refractivity (Wildman–Crippen MR) is 149 cm³/mol. The van der Waals surface area contributed by atoms with E-state index in [0.29, 0.717) is 25.4 Å². The molecule has 1 saturated heterocycles. The van der Waals surface area contributed by atoms with Crippen LogP contribution in [0.2, 0.25) is 0 Å². The third-order valence-electron chi connectivity index (χ3n) is 8.31. The number of rotatable bonds is 8. The maximum Gasteiger partial charge on any atom is 0.289 e. The maximum absolute atomic E-state index is 13.5. The summed E-state index contributed by atoms with van der Waals surface area (Å²) in [7, 11) is 0. The van der Waals surface area contributed by atoms with Gasteiger partial charge in [0.15, 0.2) is 5.76 Å². The molecule has 1 aromatic carbocycles. The van der Waals surface area contributed by atoms with Gasteiger partial charge in [0.05, 0.1) is 13.1 Å². The van der Waals surface area contributed by atoms with Crippen molar-refractivity contribution >= 4 is 11.8 Å². The Morgan fingerprint density at radius 3 is 2.61 bits per heavy atom. The van der Waals surface area contributed by atoms with Crippen LogP contribution in [0.25, 0.3) is 0 Å². The monoisotopic (exact) mass is 515 g/mol. The lowest BCUT2D eigenvalue weighted by molar-refractivity contribution is 0.0673. The molecule has 1 aliphatic heterocycles. The van der Waals surface area contributed by atoms with Crippen molar-refractivity contribution in [2.75, 3.05) is 13.1 Å². The van der Waals surface area contributed by atoms with Crippen LogP contribution in [0.3, 0.4) is 0 Å². The van der Waals surface area contributed by atoms with Gasteiger partial charge < -0.3 is 18.8 Å². The zero-order valence-electron chi connectivity index (χ0n) is 23.5. The molecule has 202 valence electrons. The number of carbonyl (C=O) groups excluding carboxylic acids is 2. The second kappa shape index (κ2) is 10.1. The van der Waals surface area contributed by atoms with Crippen LogP contribution in [0.1, 0.15) is 91.3 Å². The fraction of sp³-hybridized carbons (Fsp3) is 0.500. The van der Waals surface area contributed by atoms with Gasteiger partial charge in [-0.2, -0.15) is 0 Å². The largest absolute Gasteiger partial charge is 0.454 e. The van der Waals surface area contributed by atoms with E-state index in [2.05, 4.69) is 43.2 Å². The van der Waals surface area contributed by atoms with Crippen molar-refractivity contribution in [3.63, 3.8) is 0 Å². The van der Waals surface area contributed by atoms with Crippen LogP contribution in [0.4, 0.5) is 0 Å². The van der Waals surface area contributed by atoms with E-state index in [1.807, 2.05) is 60.5 Å². The van der Waals surface area contributed by atoms with Gasteiger partial charge in [-0.05, 0) is 79.3 Å². The molecule has 2 aromatic heterocycles. The van der Waals surface area contributed by atoms with Gasteiger partial charge in [-0.3, -0.25) is 9.59 Å². The number of hydrogen-bond donors (Lipinski definition) is 0. The summed E-state index contributed by atoms with van der Waals surface area (Å²) in [5.74, 6) is 1.22. The molecule has 2 aliphatic rings. The minimum atomic E-state index is 0.00773. The van der Waals surface area contributed by atoms with Crippen molar-refractivity contribution in [2.45, 2.75) is 79.4 Å². The highest BCUT2D eigenvalue weighted by atomic mass is 16.4. The first kappa shape index (κ1) is 26.3. The Hall–Kier alpha value is -3.28. The number of aryl methyl sites for hydroxylation is 1. The highest BCUT2D eigenvalue weighted by molar-refractivity contribution is 5.95. The van der Waals surface area contributed by atoms with Gasteiger partial charge in [-0.1, -0.05) is 45.9 Å². The second-order valence-electron chi connectivity index (χ2n) is 12.6. The van der Waals surface area contributed by atoms with Crippen LogP contribution in [0.15, 0.2) is 59.1 Å². The fourth-order valence-electron chi connectivity index (χ4n) is 7.03. The van der Waals surface area contributed by atoms with E-state index in [-0.39, 0.29) is 28.7 Å². The van der Waals surface area contributed by atoms with Crippen molar-refractivity contribution < 1.29 is 14.0 Å². The molecule has 3 aromatic rings. The Morgan fingerprint density at radius 2 is 1.84 bits per heavy atom. The van der Waals surface area contributed by atoms with Crippen LogP contribution in [-0.4, -0.2) is 45.3 Å². The molecule has 2 bridgehead atoms. The number of benzene rings is 1. The average Bonchev–Trinajstić information content (AvgIpc) is 3.56. The van der Waals surface area contributed by atoms with Crippen molar-refractivity contribution in [2.24, 2.45) is 10.8 Å². The Labute approximate surface area is 226 Å². The molecule has 6 nitrogen and oxygen atoms in total. The molecule has 2 amide bonds. The second-order valence-corrected chi connectivity index (χ2v) is 12.6. The predicted octanol–water partition coefficient (Wildman–Crippen LogP) is 6.53. The van der Waals surface area contributed by atoms with E-state index < -0.39 is 0 Å². The van der Waals surface area contributed by atoms with Crippen LogP contribution in [0.5, 0.6) is 0 Å². The normalized spacial score (nSPS) is 22.0. The van der Waals surface area contributed by atoms with Crippen LogP contribution < -0.4 is 0 Å². The van der Waals surface area contributed by atoms with E-state index in [0.717, 1.165) is 54.8 Å². The van der Waals surface area contributed by atoms with Crippen LogP contribution >= 0.6 is 0 Å². The molecule has 2 fully saturated rings. The Bertz CT molecular complexity index is 1320. The van der Waals surface area contributed by atoms with E-state index in [1.54, 1.807) is 0 Å². The number of aromatic nitrogens is 1. The molecule has 0 N–H and O–H groups in total. The van der Waals surface area contributed by atoms with E-state index in [9.17, 15) is 9.59 Å². The molecular weight excluding hydrogens is 474 g/mol. The van der Waals surface area contributed by atoms with Crippen molar-refractivity contribution in [3.05, 3.63) is 83.1 Å². The summed E-state index contributed by atoms with van der Waals surface area (Å²) >= 11 is 0. The number of furan rings is 1. The minimum absolute atomic E-state index is 0.00773. The number of amides is 2. The van der Waals surface area contributed by atoms with Crippen molar-refractivity contribution in [1.82, 2.24) is 14.4 Å². The SMILES string of the molecule is CCCN(Cc1cccn1Cc1ccc(C(=O)N2CC3(C)CC2CC(C)(C)C3)o1)C(=O)c1ccccc1C. The number of carbonyl (C=O) groups is 2. The first-order chi connectivity index (χ1) is 18.1. The summed E-state index contributed by atoms with van der Waals surface area (Å²) in [6, 6.07) is 15.8. The Morgan fingerprint density at radius 1 is 1.05 bits per heavy atom. The fourth-order valence-corrected chi connectivity index (χ4v) is 7.03. The molecule has 3 heterocycles. The van der Waals surface area contributed by atoms with Crippen molar-refractivity contribution in [1.29, 1.82) is 0 Å². The van der Waals surface area contributed by atoms with E-state index >= 15 is 0 Å². The lowest BCUT2D eigenvalue weighted by atomic mass is 9.65. The topological polar surface area (TPSA) is 58.7 Å². The first-order valence-electron chi connectivity index (χ1n) is 14.0. The maximum atomic E-state index is 13.5. The number of fused-ring (bicyclic) bond motifs is 2. The van der Waals surface area contributed by atoms with Gasteiger partial charge >= 0.3 is 0 Å². The third kappa shape index (κ3) is 5.31.